The predicted molar refractivity (Wildman–Crippen MR) is 109 cm³/mol. The number of hydrogen-bond acceptors (Lipinski definition) is 4. The van der Waals surface area contributed by atoms with E-state index in [4.69, 9.17) is 4.74 Å². The van der Waals surface area contributed by atoms with Crippen LogP contribution in [0.15, 0.2) is 40.2 Å². The van der Waals surface area contributed by atoms with Crippen LogP contribution in [0.3, 0.4) is 0 Å². The maximum Gasteiger partial charge on any atom is 0.272 e. The van der Waals surface area contributed by atoms with Crippen molar-refractivity contribution >= 4 is 12.2 Å². The second-order valence-electron chi connectivity index (χ2n) is 7.44. The number of nitrogens with one attached hydrogen (secondary N) is 3. The van der Waals surface area contributed by atoms with E-state index in [1.807, 2.05) is 45.9 Å². The number of rotatable bonds is 4. The summed E-state index contributed by atoms with van der Waals surface area (Å²) < 4.78 is 5.46. The number of benzene rings is 1. The first kappa shape index (κ1) is 19.4. The highest BCUT2D eigenvalue weighted by Crippen LogP contribution is 2.22. The minimum Gasteiger partial charge on any atom is -0.494 e. The Balaban J connectivity index is 2.08. The molecular formula is C21H24N4O3. The summed E-state index contributed by atoms with van der Waals surface area (Å²) >= 11 is 0. The molecule has 0 amide bonds. The Morgan fingerprint density at radius 1 is 1.07 bits per heavy atom. The molecule has 0 bridgehead atoms. The van der Waals surface area contributed by atoms with Gasteiger partial charge in [-0.25, -0.2) is 4.98 Å². The van der Waals surface area contributed by atoms with Gasteiger partial charge in [0.1, 0.15) is 16.4 Å². The van der Waals surface area contributed by atoms with Crippen LogP contribution in [0.5, 0.6) is 5.75 Å². The van der Waals surface area contributed by atoms with Crippen molar-refractivity contribution in [2.45, 2.75) is 33.1 Å². The van der Waals surface area contributed by atoms with Crippen molar-refractivity contribution in [2.24, 2.45) is 0 Å². The highest BCUT2D eigenvalue weighted by molar-refractivity contribution is 5.51. The summed E-state index contributed by atoms with van der Waals surface area (Å²) in [5.41, 5.74) is 1.31. The lowest BCUT2D eigenvalue weighted by Gasteiger charge is -2.16. The third-order valence-corrected chi connectivity index (χ3v) is 4.17. The highest BCUT2D eigenvalue weighted by atomic mass is 16.5. The van der Waals surface area contributed by atoms with Crippen molar-refractivity contribution < 1.29 is 4.74 Å². The zero-order valence-electron chi connectivity index (χ0n) is 16.4. The van der Waals surface area contributed by atoms with Crippen LogP contribution in [0.25, 0.3) is 12.2 Å². The summed E-state index contributed by atoms with van der Waals surface area (Å²) in [6.07, 6.45) is 4.77. The largest absolute Gasteiger partial charge is 0.494 e. The molecule has 3 aromatic rings. The van der Waals surface area contributed by atoms with E-state index in [1.165, 1.54) is 0 Å². The van der Waals surface area contributed by atoms with Crippen LogP contribution < -0.4 is 26.6 Å². The van der Waals surface area contributed by atoms with Crippen LogP contribution in [-0.2, 0) is 5.41 Å². The Bertz CT molecular complexity index is 1210. The Hall–Kier alpha value is -3.35. The molecule has 3 rings (SSSR count). The van der Waals surface area contributed by atoms with Crippen molar-refractivity contribution in [3.63, 3.8) is 0 Å². The van der Waals surface area contributed by atoms with Gasteiger partial charge in [0.15, 0.2) is 0 Å². The first-order chi connectivity index (χ1) is 13.3. The molecule has 28 heavy (non-hydrogen) atoms. The summed E-state index contributed by atoms with van der Waals surface area (Å²) in [4.78, 5) is 37.6. The van der Waals surface area contributed by atoms with E-state index in [0.717, 1.165) is 11.3 Å². The van der Waals surface area contributed by atoms with Gasteiger partial charge in [-0.15, -0.1) is 0 Å². The van der Waals surface area contributed by atoms with Crippen LogP contribution in [-0.4, -0.2) is 26.5 Å². The van der Waals surface area contributed by atoms with E-state index in [2.05, 4.69) is 19.9 Å². The van der Waals surface area contributed by atoms with Gasteiger partial charge in [0, 0.05) is 11.1 Å². The van der Waals surface area contributed by atoms with E-state index in [0.29, 0.717) is 18.1 Å². The van der Waals surface area contributed by atoms with Crippen molar-refractivity contribution in [1.29, 1.82) is 0 Å². The number of imidazole rings is 1. The zero-order valence-corrected chi connectivity index (χ0v) is 16.4. The van der Waals surface area contributed by atoms with Gasteiger partial charge in [-0.2, -0.15) is 0 Å². The highest BCUT2D eigenvalue weighted by Gasteiger charge is 2.19. The summed E-state index contributed by atoms with van der Waals surface area (Å²) in [6, 6.07) is 7.31. The van der Waals surface area contributed by atoms with E-state index in [9.17, 15) is 9.59 Å². The summed E-state index contributed by atoms with van der Waals surface area (Å²) in [6.45, 7) is 8.57. The van der Waals surface area contributed by atoms with E-state index >= 15 is 0 Å². The Morgan fingerprint density at radius 3 is 2.39 bits per heavy atom. The fourth-order valence-corrected chi connectivity index (χ4v) is 2.88. The van der Waals surface area contributed by atoms with Crippen LogP contribution in [0.1, 0.15) is 44.6 Å². The second kappa shape index (κ2) is 7.72. The molecule has 0 aliphatic heterocycles. The second-order valence-corrected chi connectivity index (χ2v) is 7.44. The average Bonchev–Trinajstić information content (AvgIpc) is 3.08. The van der Waals surface area contributed by atoms with Crippen LogP contribution in [0, 0.1) is 0 Å². The average molecular weight is 380 g/mol. The number of hydrogen-bond donors (Lipinski definition) is 3. The number of nitrogens with zero attached hydrogens (tertiary/aromatic N) is 1. The van der Waals surface area contributed by atoms with Gasteiger partial charge in [0.25, 0.3) is 11.1 Å². The molecule has 3 N–H and O–H groups in total. The van der Waals surface area contributed by atoms with Gasteiger partial charge in [0.05, 0.1) is 18.6 Å². The van der Waals surface area contributed by atoms with Crippen molar-refractivity contribution in [1.82, 2.24) is 19.9 Å². The van der Waals surface area contributed by atoms with Crippen molar-refractivity contribution in [2.75, 3.05) is 6.61 Å². The quantitative estimate of drug-likeness (QED) is 0.631. The first-order valence-electron chi connectivity index (χ1n) is 9.10. The standard InChI is InChI=1S/C21H24N4O3/c1-5-28-14-8-6-7-13(9-14)10-16-19(26)25-17(20(27)24-16)11-15-18(21(2,3)4)23-12-22-15/h6-12H,5H2,1-4H3,(H,22,23)(H,24,27)(H,25,26)/b16-10-,17-11-. The molecule has 0 fully saturated rings. The molecule has 0 unspecified atom stereocenters. The molecule has 0 aliphatic carbocycles. The van der Waals surface area contributed by atoms with Gasteiger partial charge in [-0.1, -0.05) is 32.9 Å². The van der Waals surface area contributed by atoms with Gasteiger partial charge in [-0.3, -0.25) is 9.59 Å². The first-order valence-corrected chi connectivity index (χ1v) is 9.10. The van der Waals surface area contributed by atoms with Crippen molar-refractivity contribution in [3.8, 4) is 5.75 Å². The molecule has 0 spiro atoms. The van der Waals surface area contributed by atoms with Crippen LogP contribution in [0.4, 0.5) is 0 Å². The third-order valence-electron chi connectivity index (χ3n) is 4.17. The predicted octanol–water partition coefficient (Wildman–Crippen LogP) is 1.14. The maximum absolute atomic E-state index is 12.5. The molecule has 2 aromatic heterocycles. The van der Waals surface area contributed by atoms with Gasteiger partial charge in [-0.05, 0) is 36.8 Å². The molecule has 0 saturated heterocycles. The lowest BCUT2D eigenvalue weighted by Crippen LogP contribution is -2.46. The van der Waals surface area contributed by atoms with Crippen molar-refractivity contribution in [3.05, 3.63) is 78.9 Å². The fourth-order valence-electron chi connectivity index (χ4n) is 2.88. The Kier molecular flexibility index (Phi) is 5.35. The lowest BCUT2D eigenvalue weighted by molar-refractivity contribution is 0.340. The Morgan fingerprint density at radius 2 is 1.75 bits per heavy atom. The number of aromatic amines is 3. The molecule has 0 aliphatic rings. The molecule has 0 radical (unpaired) electrons. The lowest BCUT2D eigenvalue weighted by atomic mass is 9.90. The SMILES string of the molecule is CCOc1cccc(/C=c2\[nH]c(=O)/c(=C/c3nc[nH]c3C(C)(C)C)[nH]c2=O)c1. The molecule has 7 heteroatoms. The normalized spacial score (nSPS) is 13.1. The third kappa shape index (κ3) is 4.31. The molecule has 0 atom stereocenters. The van der Waals surface area contributed by atoms with Gasteiger partial charge >= 0.3 is 0 Å². The van der Waals surface area contributed by atoms with E-state index in [-0.39, 0.29) is 21.7 Å². The van der Waals surface area contributed by atoms with Crippen LogP contribution >= 0.6 is 0 Å². The molecule has 146 valence electrons. The zero-order chi connectivity index (χ0) is 20.3. The minimum absolute atomic E-state index is 0.155. The monoisotopic (exact) mass is 380 g/mol. The van der Waals surface area contributed by atoms with E-state index < -0.39 is 5.56 Å². The number of aromatic nitrogens is 4. The van der Waals surface area contributed by atoms with E-state index in [1.54, 1.807) is 24.5 Å². The molecule has 7 nitrogen and oxygen atoms in total. The summed E-state index contributed by atoms with van der Waals surface area (Å²) in [5.74, 6) is 0.702. The molecular weight excluding hydrogens is 356 g/mol. The van der Waals surface area contributed by atoms with Gasteiger partial charge < -0.3 is 19.7 Å². The fraction of sp³-hybridized carbons (Fsp3) is 0.286. The topological polar surface area (TPSA) is 104 Å². The smallest absolute Gasteiger partial charge is 0.272 e. The number of H-pyrrole nitrogens is 3. The minimum atomic E-state index is -0.394. The van der Waals surface area contributed by atoms with Gasteiger partial charge in [0.2, 0.25) is 0 Å². The summed E-state index contributed by atoms with van der Waals surface area (Å²) in [5, 5.41) is 0.330. The summed E-state index contributed by atoms with van der Waals surface area (Å²) in [7, 11) is 0. The molecule has 1 aromatic carbocycles. The van der Waals surface area contributed by atoms with Crippen LogP contribution in [0.2, 0.25) is 0 Å². The molecule has 0 saturated carbocycles. The number of ether oxygens (including phenoxy) is 1. The molecule has 2 heterocycles. The maximum atomic E-state index is 12.5. The Labute approximate surface area is 161 Å².